The second-order valence-corrected chi connectivity index (χ2v) is 4.45. The Bertz CT molecular complexity index is 427. The van der Waals surface area contributed by atoms with Crippen LogP contribution in [-0.4, -0.2) is 19.0 Å². The lowest BCUT2D eigenvalue weighted by atomic mass is 9.93. The van der Waals surface area contributed by atoms with Crippen LogP contribution in [-0.2, 0) is 12.6 Å². The first-order valence-electron chi connectivity index (χ1n) is 5.54. The van der Waals surface area contributed by atoms with E-state index < -0.39 is 30.1 Å². The SMILES string of the molecule is FC(F)(F)c1ccccc1CC1CNCC1(F)F. The normalized spacial score (nSPS) is 23.3. The fraction of sp³-hybridized carbons (Fsp3) is 0.500. The Morgan fingerprint density at radius 3 is 2.44 bits per heavy atom. The maximum atomic E-state index is 13.4. The van der Waals surface area contributed by atoms with Crippen molar-refractivity contribution >= 4 is 0 Å². The van der Waals surface area contributed by atoms with E-state index in [2.05, 4.69) is 5.32 Å². The van der Waals surface area contributed by atoms with Crippen LogP contribution in [0.1, 0.15) is 11.1 Å². The Labute approximate surface area is 101 Å². The summed E-state index contributed by atoms with van der Waals surface area (Å²) in [6.07, 6.45) is -4.77. The van der Waals surface area contributed by atoms with Crippen molar-refractivity contribution in [2.24, 2.45) is 5.92 Å². The van der Waals surface area contributed by atoms with Gasteiger partial charge in [-0.05, 0) is 18.1 Å². The first-order chi connectivity index (χ1) is 8.31. The Balaban J connectivity index is 2.25. The average molecular weight is 265 g/mol. The van der Waals surface area contributed by atoms with Crippen molar-refractivity contribution in [3.63, 3.8) is 0 Å². The molecule has 0 aliphatic carbocycles. The molecule has 1 aromatic carbocycles. The number of halogens is 5. The highest BCUT2D eigenvalue weighted by atomic mass is 19.4. The Morgan fingerprint density at radius 2 is 1.89 bits per heavy atom. The van der Waals surface area contributed by atoms with Crippen LogP contribution in [0.5, 0.6) is 0 Å². The van der Waals surface area contributed by atoms with E-state index in [1.165, 1.54) is 18.2 Å². The summed E-state index contributed by atoms with van der Waals surface area (Å²) >= 11 is 0. The first kappa shape index (κ1) is 13.3. The molecule has 0 spiro atoms. The maximum absolute atomic E-state index is 13.4. The van der Waals surface area contributed by atoms with Gasteiger partial charge < -0.3 is 5.32 Å². The number of rotatable bonds is 2. The molecular formula is C12H12F5N. The molecule has 0 radical (unpaired) electrons. The van der Waals surface area contributed by atoms with Gasteiger partial charge in [0.2, 0.25) is 0 Å². The van der Waals surface area contributed by atoms with E-state index >= 15 is 0 Å². The summed E-state index contributed by atoms with van der Waals surface area (Å²) in [5.74, 6) is -4.03. The zero-order valence-electron chi connectivity index (χ0n) is 9.40. The van der Waals surface area contributed by atoms with Crippen LogP contribution in [0.3, 0.4) is 0 Å². The van der Waals surface area contributed by atoms with E-state index in [1.807, 2.05) is 0 Å². The van der Waals surface area contributed by atoms with Crippen molar-refractivity contribution < 1.29 is 22.0 Å². The summed E-state index contributed by atoms with van der Waals surface area (Å²) < 4.78 is 64.9. The molecule has 1 heterocycles. The zero-order valence-corrected chi connectivity index (χ0v) is 9.40. The molecule has 1 unspecified atom stereocenters. The fourth-order valence-electron chi connectivity index (χ4n) is 2.17. The summed E-state index contributed by atoms with van der Waals surface area (Å²) in [5, 5.41) is 2.51. The number of hydrogen-bond acceptors (Lipinski definition) is 1. The lowest BCUT2D eigenvalue weighted by Crippen LogP contribution is -2.29. The van der Waals surface area contributed by atoms with Gasteiger partial charge in [-0.3, -0.25) is 0 Å². The molecule has 1 nitrogen and oxygen atoms in total. The van der Waals surface area contributed by atoms with Crippen molar-refractivity contribution in [2.75, 3.05) is 13.1 Å². The van der Waals surface area contributed by atoms with Gasteiger partial charge in [0.05, 0.1) is 12.1 Å². The lowest BCUT2D eigenvalue weighted by molar-refractivity contribution is -0.138. The third kappa shape index (κ3) is 2.63. The van der Waals surface area contributed by atoms with E-state index in [-0.39, 0.29) is 18.5 Å². The van der Waals surface area contributed by atoms with Gasteiger partial charge in [-0.25, -0.2) is 8.78 Å². The predicted molar refractivity (Wildman–Crippen MR) is 56.5 cm³/mol. The van der Waals surface area contributed by atoms with Crippen LogP contribution >= 0.6 is 0 Å². The van der Waals surface area contributed by atoms with Gasteiger partial charge in [-0.15, -0.1) is 0 Å². The summed E-state index contributed by atoms with van der Waals surface area (Å²) in [6.45, 7) is -0.426. The quantitative estimate of drug-likeness (QED) is 0.810. The largest absolute Gasteiger partial charge is 0.416 e. The van der Waals surface area contributed by atoms with Crippen LogP contribution in [0, 0.1) is 5.92 Å². The van der Waals surface area contributed by atoms with Gasteiger partial charge in [0.15, 0.2) is 0 Å². The molecule has 0 aromatic heterocycles. The Hall–Kier alpha value is -1.17. The van der Waals surface area contributed by atoms with Gasteiger partial charge in [0.1, 0.15) is 0 Å². The maximum Gasteiger partial charge on any atom is 0.416 e. The predicted octanol–water partition coefficient (Wildman–Crippen LogP) is 3.10. The molecule has 1 atom stereocenters. The van der Waals surface area contributed by atoms with Crippen molar-refractivity contribution in [3.05, 3.63) is 35.4 Å². The molecule has 2 rings (SSSR count). The molecule has 6 heteroatoms. The van der Waals surface area contributed by atoms with Crippen molar-refractivity contribution in [1.29, 1.82) is 0 Å². The molecule has 0 saturated carbocycles. The van der Waals surface area contributed by atoms with Gasteiger partial charge >= 0.3 is 6.18 Å². The second kappa shape index (κ2) is 4.50. The van der Waals surface area contributed by atoms with Gasteiger partial charge in [-0.1, -0.05) is 18.2 Å². The molecule has 0 bridgehead atoms. The second-order valence-electron chi connectivity index (χ2n) is 4.45. The number of benzene rings is 1. The standard InChI is InChI=1S/C12H12F5N/c13-11(14)7-18-6-9(11)5-8-3-1-2-4-10(8)12(15,16)17/h1-4,9,18H,5-7H2. The summed E-state index contributed by atoms with van der Waals surface area (Å²) in [7, 11) is 0. The molecule has 1 aromatic rings. The zero-order chi connectivity index (χ0) is 13.4. The van der Waals surface area contributed by atoms with Crippen molar-refractivity contribution in [1.82, 2.24) is 5.32 Å². The molecule has 100 valence electrons. The van der Waals surface area contributed by atoms with E-state index in [0.29, 0.717) is 0 Å². The topological polar surface area (TPSA) is 12.0 Å². The van der Waals surface area contributed by atoms with E-state index in [4.69, 9.17) is 0 Å². The van der Waals surface area contributed by atoms with E-state index in [0.717, 1.165) is 6.07 Å². The molecular weight excluding hydrogens is 253 g/mol. The molecule has 1 N–H and O–H groups in total. The third-order valence-corrected chi connectivity index (χ3v) is 3.14. The van der Waals surface area contributed by atoms with Crippen molar-refractivity contribution in [3.8, 4) is 0 Å². The highest BCUT2D eigenvalue weighted by molar-refractivity contribution is 5.30. The third-order valence-electron chi connectivity index (χ3n) is 3.14. The highest BCUT2D eigenvalue weighted by Gasteiger charge is 2.44. The van der Waals surface area contributed by atoms with Gasteiger partial charge in [-0.2, -0.15) is 13.2 Å². The smallest absolute Gasteiger partial charge is 0.311 e. The van der Waals surface area contributed by atoms with E-state index in [1.54, 1.807) is 0 Å². The van der Waals surface area contributed by atoms with Gasteiger partial charge in [0.25, 0.3) is 5.92 Å². The molecule has 1 aliphatic heterocycles. The number of hydrogen-bond donors (Lipinski definition) is 1. The van der Waals surface area contributed by atoms with Crippen LogP contribution in [0.2, 0.25) is 0 Å². The highest BCUT2D eigenvalue weighted by Crippen LogP contribution is 2.36. The number of alkyl halides is 5. The fourth-order valence-corrected chi connectivity index (χ4v) is 2.17. The Kier molecular flexibility index (Phi) is 3.31. The molecule has 1 saturated heterocycles. The van der Waals surface area contributed by atoms with Crippen molar-refractivity contribution in [2.45, 2.75) is 18.5 Å². The minimum Gasteiger partial charge on any atom is -0.311 e. The minimum absolute atomic E-state index is 0.0409. The molecule has 1 aliphatic rings. The van der Waals surface area contributed by atoms with Gasteiger partial charge in [0, 0.05) is 12.5 Å². The first-order valence-corrected chi connectivity index (χ1v) is 5.54. The van der Waals surface area contributed by atoms with Crippen LogP contribution in [0.25, 0.3) is 0 Å². The van der Waals surface area contributed by atoms with Crippen LogP contribution < -0.4 is 5.32 Å². The van der Waals surface area contributed by atoms with Crippen LogP contribution in [0.15, 0.2) is 24.3 Å². The Morgan fingerprint density at radius 1 is 1.22 bits per heavy atom. The summed E-state index contributed by atoms with van der Waals surface area (Å²) in [6, 6.07) is 4.88. The summed E-state index contributed by atoms with van der Waals surface area (Å²) in [4.78, 5) is 0. The number of nitrogens with one attached hydrogen (secondary N) is 1. The summed E-state index contributed by atoms with van der Waals surface area (Å²) in [5.41, 5.74) is -0.897. The minimum atomic E-state index is -4.50. The lowest BCUT2D eigenvalue weighted by Gasteiger charge is -2.20. The monoisotopic (exact) mass is 265 g/mol. The molecule has 18 heavy (non-hydrogen) atoms. The average Bonchev–Trinajstić information content (AvgIpc) is 2.58. The molecule has 0 amide bonds. The molecule has 1 fully saturated rings. The van der Waals surface area contributed by atoms with E-state index in [9.17, 15) is 22.0 Å². The van der Waals surface area contributed by atoms with Crippen LogP contribution in [0.4, 0.5) is 22.0 Å².